The van der Waals surface area contributed by atoms with Crippen LogP contribution in [-0.4, -0.2) is 14.3 Å². The summed E-state index contributed by atoms with van der Waals surface area (Å²) < 4.78 is 22.2. The topological polar surface area (TPSA) is 115 Å². The number of hydrogen-bond donors (Lipinski definition) is 3. The summed E-state index contributed by atoms with van der Waals surface area (Å²) in [7, 11) is -3.67. The smallest absolute Gasteiger partial charge is 0.249 e. The van der Waals surface area contributed by atoms with Gasteiger partial charge >= 0.3 is 0 Å². The first-order valence-corrected chi connectivity index (χ1v) is 8.03. The molecule has 1 aromatic carbocycles. The molecule has 8 heteroatoms. The molecule has 2 aromatic rings. The Morgan fingerprint density at radius 1 is 1.25 bits per heavy atom. The Morgan fingerprint density at radius 3 is 2.40 bits per heavy atom. The van der Waals surface area contributed by atoms with Crippen LogP contribution in [0.25, 0.3) is 0 Å². The van der Waals surface area contributed by atoms with Crippen molar-refractivity contribution in [2.45, 2.75) is 11.4 Å². The van der Waals surface area contributed by atoms with Gasteiger partial charge < -0.3 is 11.1 Å². The Morgan fingerprint density at radius 2 is 1.90 bits per heavy atom. The summed E-state index contributed by atoms with van der Waals surface area (Å²) in [5.74, 6) is -0.454. The maximum atomic E-state index is 11.1. The first-order chi connectivity index (χ1) is 9.36. The van der Waals surface area contributed by atoms with Gasteiger partial charge in [0.25, 0.3) is 0 Å². The second kappa shape index (κ2) is 5.61. The van der Waals surface area contributed by atoms with Crippen molar-refractivity contribution in [3.8, 4) is 0 Å². The van der Waals surface area contributed by atoms with Crippen LogP contribution in [0.4, 0.5) is 5.69 Å². The number of carbonyl (C=O) groups excluding carboxylic acids is 1. The summed E-state index contributed by atoms with van der Waals surface area (Å²) in [5.41, 5.74) is 6.41. The van der Waals surface area contributed by atoms with Gasteiger partial charge in [-0.3, -0.25) is 4.79 Å². The maximum Gasteiger partial charge on any atom is 0.249 e. The Kier molecular flexibility index (Phi) is 4.07. The molecule has 5 N–H and O–H groups in total. The van der Waals surface area contributed by atoms with E-state index in [1.807, 2.05) is 0 Å². The highest BCUT2D eigenvalue weighted by Gasteiger charge is 2.07. The monoisotopic (exact) mass is 311 g/mol. The van der Waals surface area contributed by atoms with E-state index in [1.54, 1.807) is 23.6 Å². The predicted molar refractivity (Wildman–Crippen MR) is 78.0 cm³/mol. The number of anilines is 1. The number of hydrogen-bond acceptors (Lipinski definition) is 5. The molecule has 1 heterocycles. The molecule has 0 unspecified atom stereocenters. The molecule has 0 radical (unpaired) electrons. The van der Waals surface area contributed by atoms with E-state index >= 15 is 0 Å². The SMILES string of the molecule is NC(=O)c1csc(CNc2ccc(S(N)(=O)=O)cc2)c1. The summed E-state index contributed by atoms with van der Waals surface area (Å²) in [6, 6.07) is 7.84. The van der Waals surface area contributed by atoms with Gasteiger partial charge in [-0.2, -0.15) is 0 Å². The fraction of sp³-hybridized carbons (Fsp3) is 0.0833. The van der Waals surface area contributed by atoms with Crippen molar-refractivity contribution in [1.29, 1.82) is 0 Å². The molecule has 0 aliphatic rings. The average Bonchev–Trinajstić information content (AvgIpc) is 2.85. The van der Waals surface area contributed by atoms with E-state index in [0.717, 1.165) is 10.6 Å². The molecule has 20 heavy (non-hydrogen) atoms. The Labute approximate surface area is 120 Å². The zero-order valence-corrected chi connectivity index (χ0v) is 12.0. The molecule has 1 amide bonds. The minimum Gasteiger partial charge on any atom is -0.380 e. The molecule has 0 saturated carbocycles. The number of nitrogens with one attached hydrogen (secondary N) is 1. The molecule has 2 rings (SSSR count). The van der Waals surface area contributed by atoms with Crippen LogP contribution in [0.5, 0.6) is 0 Å². The molecule has 6 nitrogen and oxygen atoms in total. The first-order valence-electron chi connectivity index (χ1n) is 5.60. The van der Waals surface area contributed by atoms with Crippen LogP contribution in [0.15, 0.2) is 40.6 Å². The van der Waals surface area contributed by atoms with Crippen LogP contribution in [0.3, 0.4) is 0 Å². The number of primary amides is 1. The Hall–Kier alpha value is -1.90. The zero-order chi connectivity index (χ0) is 14.8. The molecule has 0 saturated heterocycles. The number of amides is 1. The summed E-state index contributed by atoms with van der Waals surface area (Å²) in [4.78, 5) is 12.0. The fourth-order valence-electron chi connectivity index (χ4n) is 1.55. The standard InChI is InChI=1S/C12H13N3O3S2/c13-12(16)8-5-10(19-7-8)6-15-9-1-3-11(4-2-9)20(14,17)18/h1-5,7,15H,6H2,(H2,13,16)(H2,14,17,18). The minimum absolute atomic E-state index is 0.0650. The van der Waals surface area contributed by atoms with Crippen molar-refractivity contribution < 1.29 is 13.2 Å². The van der Waals surface area contributed by atoms with E-state index in [-0.39, 0.29) is 4.90 Å². The highest BCUT2D eigenvalue weighted by atomic mass is 32.2. The molecular formula is C12H13N3O3S2. The van der Waals surface area contributed by atoms with Crippen molar-refractivity contribution in [3.63, 3.8) is 0 Å². The van der Waals surface area contributed by atoms with Crippen molar-refractivity contribution in [1.82, 2.24) is 0 Å². The molecule has 1 aromatic heterocycles. The van der Waals surface area contributed by atoms with Crippen molar-refractivity contribution in [3.05, 3.63) is 46.2 Å². The number of primary sulfonamides is 1. The number of nitrogens with two attached hydrogens (primary N) is 2. The molecular weight excluding hydrogens is 298 g/mol. The lowest BCUT2D eigenvalue weighted by molar-refractivity contribution is 0.100. The van der Waals surface area contributed by atoms with Crippen LogP contribution in [-0.2, 0) is 16.6 Å². The van der Waals surface area contributed by atoms with E-state index in [9.17, 15) is 13.2 Å². The number of benzene rings is 1. The van der Waals surface area contributed by atoms with E-state index in [1.165, 1.54) is 23.5 Å². The molecule has 106 valence electrons. The summed E-state index contributed by atoms with van der Waals surface area (Å²) in [5, 5.41) is 9.83. The number of carbonyl (C=O) groups is 1. The van der Waals surface area contributed by atoms with E-state index in [2.05, 4.69) is 5.32 Å². The first kappa shape index (κ1) is 14.5. The van der Waals surface area contributed by atoms with Crippen molar-refractivity contribution >= 4 is 33.0 Å². The van der Waals surface area contributed by atoms with Crippen LogP contribution in [0.1, 0.15) is 15.2 Å². The van der Waals surface area contributed by atoms with Gasteiger partial charge in [-0.15, -0.1) is 11.3 Å². The van der Waals surface area contributed by atoms with Crippen LogP contribution in [0, 0.1) is 0 Å². The predicted octanol–water partition coefficient (Wildman–Crippen LogP) is 1.11. The summed E-state index contributed by atoms with van der Waals surface area (Å²) in [6.45, 7) is 0.521. The van der Waals surface area contributed by atoms with Gasteiger partial charge in [0.1, 0.15) is 0 Å². The van der Waals surface area contributed by atoms with E-state index < -0.39 is 15.9 Å². The zero-order valence-electron chi connectivity index (χ0n) is 10.4. The lowest BCUT2D eigenvalue weighted by Crippen LogP contribution is -2.12. The molecule has 0 bridgehead atoms. The molecule has 0 aliphatic carbocycles. The fourth-order valence-corrected chi connectivity index (χ4v) is 2.88. The van der Waals surface area contributed by atoms with Gasteiger partial charge in [0.15, 0.2) is 0 Å². The third kappa shape index (κ3) is 3.56. The van der Waals surface area contributed by atoms with E-state index in [0.29, 0.717) is 12.1 Å². The Bertz CT molecular complexity index is 721. The lowest BCUT2D eigenvalue weighted by Gasteiger charge is -2.05. The van der Waals surface area contributed by atoms with E-state index in [4.69, 9.17) is 10.9 Å². The van der Waals surface area contributed by atoms with Crippen LogP contribution >= 0.6 is 11.3 Å². The summed E-state index contributed by atoms with van der Waals surface area (Å²) >= 11 is 1.43. The van der Waals surface area contributed by atoms with Gasteiger partial charge in [-0.05, 0) is 30.3 Å². The molecule has 0 atom stereocenters. The van der Waals surface area contributed by atoms with Gasteiger partial charge in [0.05, 0.1) is 10.5 Å². The maximum absolute atomic E-state index is 11.1. The molecule has 0 aliphatic heterocycles. The van der Waals surface area contributed by atoms with Crippen molar-refractivity contribution in [2.75, 3.05) is 5.32 Å². The second-order valence-corrected chi connectivity index (χ2v) is 6.65. The highest BCUT2D eigenvalue weighted by Crippen LogP contribution is 2.17. The third-order valence-corrected chi connectivity index (χ3v) is 4.45. The van der Waals surface area contributed by atoms with Gasteiger partial charge in [0.2, 0.25) is 15.9 Å². The quantitative estimate of drug-likeness (QED) is 0.767. The van der Waals surface area contributed by atoms with Crippen LogP contribution < -0.4 is 16.2 Å². The number of thiophene rings is 1. The normalized spacial score (nSPS) is 11.2. The highest BCUT2D eigenvalue weighted by molar-refractivity contribution is 7.89. The lowest BCUT2D eigenvalue weighted by atomic mass is 10.3. The molecule has 0 fully saturated rings. The third-order valence-electron chi connectivity index (χ3n) is 2.59. The average molecular weight is 311 g/mol. The number of sulfonamides is 1. The Balaban J connectivity index is 2.02. The van der Waals surface area contributed by atoms with Gasteiger partial charge in [-0.25, -0.2) is 13.6 Å². The van der Waals surface area contributed by atoms with Gasteiger partial charge in [0, 0.05) is 22.5 Å². The van der Waals surface area contributed by atoms with Crippen molar-refractivity contribution in [2.24, 2.45) is 10.9 Å². The largest absolute Gasteiger partial charge is 0.380 e. The second-order valence-electron chi connectivity index (χ2n) is 4.09. The van der Waals surface area contributed by atoms with Crippen LogP contribution in [0.2, 0.25) is 0 Å². The summed E-state index contributed by atoms with van der Waals surface area (Å²) in [6.07, 6.45) is 0. The molecule has 0 spiro atoms. The number of rotatable bonds is 5. The minimum atomic E-state index is -3.67. The van der Waals surface area contributed by atoms with Gasteiger partial charge in [-0.1, -0.05) is 0 Å².